The summed E-state index contributed by atoms with van der Waals surface area (Å²) < 4.78 is 5.50. The van der Waals surface area contributed by atoms with Gasteiger partial charge in [-0.1, -0.05) is 48.5 Å². The van der Waals surface area contributed by atoms with Gasteiger partial charge in [0.25, 0.3) is 5.91 Å². The maximum atomic E-state index is 12.6. The summed E-state index contributed by atoms with van der Waals surface area (Å²) in [6.07, 6.45) is 0. The van der Waals surface area contributed by atoms with Crippen LogP contribution in [-0.2, 0) is 9.53 Å². The molecule has 2 aromatic carbocycles. The highest BCUT2D eigenvalue weighted by atomic mass is 16.6. The summed E-state index contributed by atoms with van der Waals surface area (Å²) in [5.41, 5.74) is 0.848. The minimum atomic E-state index is -0.573. The Kier molecular flexibility index (Phi) is 5.97. The SMILES string of the molecule is CC(C(=O)OC(C)(C)C)C(NC(=O)c1ccccc1)c1ccccc1. The number of esters is 1. The fourth-order valence-corrected chi connectivity index (χ4v) is 2.50. The number of hydrogen-bond donors (Lipinski definition) is 1. The molecule has 4 heteroatoms. The molecule has 2 rings (SSSR count). The van der Waals surface area contributed by atoms with Crippen LogP contribution in [0.4, 0.5) is 0 Å². The van der Waals surface area contributed by atoms with Crippen LogP contribution >= 0.6 is 0 Å². The van der Waals surface area contributed by atoms with Gasteiger partial charge < -0.3 is 10.1 Å². The van der Waals surface area contributed by atoms with E-state index in [0.717, 1.165) is 5.56 Å². The van der Waals surface area contributed by atoms with Gasteiger partial charge in [-0.15, -0.1) is 0 Å². The molecular formula is C21H25NO3. The Hall–Kier alpha value is -2.62. The van der Waals surface area contributed by atoms with Gasteiger partial charge in [0, 0.05) is 5.56 Å². The molecule has 0 aliphatic rings. The van der Waals surface area contributed by atoms with Crippen LogP contribution in [0.5, 0.6) is 0 Å². The minimum absolute atomic E-state index is 0.218. The van der Waals surface area contributed by atoms with E-state index in [1.807, 2.05) is 69.3 Å². The van der Waals surface area contributed by atoms with E-state index in [2.05, 4.69) is 5.32 Å². The Bertz CT molecular complexity index is 705. The van der Waals surface area contributed by atoms with Crippen LogP contribution in [-0.4, -0.2) is 17.5 Å². The summed E-state index contributed by atoms with van der Waals surface area (Å²) in [5, 5.41) is 2.98. The zero-order valence-corrected chi connectivity index (χ0v) is 15.2. The normalized spacial score (nSPS) is 13.6. The first-order chi connectivity index (χ1) is 11.8. The molecular weight excluding hydrogens is 314 g/mol. The van der Waals surface area contributed by atoms with Crippen LogP contribution in [0.25, 0.3) is 0 Å². The minimum Gasteiger partial charge on any atom is -0.460 e. The van der Waals surface area contributed by atoms with Crippen LogP contribution in [0.2, 0.25) is 0 Å². The molecule has 0 saturated carbocycles. The molecule has 2 aromatic rings. The Balaban J connectivity index is 2.25. The number of ether oxygens (including phenoxy) is 1. The first-order valence-corrected chi connectivity index (χ1v) is 8.41. The summed E-state index contributed by atoms with van der Waals surface area (Å²) in [7, 11) is 0. The van der Waals surface area contributed by atoms with Crippen molar-refractivity contribution in [2.75, 3.05) is 0 Å². The number of benzene rings is 2. The van der Waals surface area contributed by atoms with E-state index in [9.17, 15) is 9.59 Å². The third-order valence-corrected chi connectivity index (χ3v) is 3.76. The summed E-state index contributed by atoms with van der Waals surface area (Å²) >= 11 is 0. The average molecular weight is 339 g/mol. The van der Waals surface area contributed by atoms with Gasteiger partial charge in [-0.2, -0.15) is 0 Å². The fourth-order valence-electron chi connectivity index (χ4n) is 2.50. The highest BCUT2D eigenvalue weighted by Crippen LogP contribution is 2.25. The van der Waals surface area contributed by atoms with Crippen LogP contribution in [0.3, 0.4) is 0 Å². The van der Waals surface area contributed by atoms with Gasteiger partial charge in [-0.25, -0.2) is 0 Å². The molecule has 25 heavy (non-hydrogen) atoms. The summed E-state index contributed by atoms with van der Waals surface area (Å²) in [6, 6.07) is 18.0. The summed E-state index contributed by atoms with van der Waals surface area (Å²) in [6.45, 7) is 7.27. The van der Waals surface area contributed by atoms with Crippen LogP contribution in [0, 0.1) is 5.92 Å². The Labute approximate surface area is 149 Å². The van der Waals surface area contributed by atoms with Crippen LogP contribution < -0.4 is 5.32 Å². The molecule has 1 N–H and O–H groups in total. The first kappa shape index (κ1) is 18.7. The van der Waals surface area contributed by atoms with Gasteiger partial charge in [0.2, 0.25) is 0 Å². The maximum absolute atomic E-state index is 12.6. The first-order valence-electron chi connectivity index (χ1n) is 8.41. The Morgan fingerprint density at radius 3 is 1.96 bits per heavy atom. The predicted molar refractivity (Wildman–Crippen MR) is 98.1 cm³/mol. The molecule has 0 aliphatic heterocycles. The van der Waals surface area contributed by atoms with Gasteiger partial charge in [-0.05, 0) is 45.4 Å². The number of amides is 1. The van der Waals surface area contributed by atoms with Crippen molar-refractivity contribution in [3.63, 3.8) is 0 Å². The lowest BCUT2D eigenvalue weighted by molar-refractivity contribution is -0.160. The quantitative estimate of drug-likeness (QED) is 0.833. The van der Waals surface area contributed by atoms with Gasteiger partial charge in [0.15, 0.2) is 0 Å². The van der Waals surface area contributed by atoms with Crippen molar-refractivity contribution in [1.29, 1.82) is 0 Å². The lowest BCUT2D eigenvalue weighted by Gasteiger charge is -2.28. The number of carbonyl (C=O) groups is 2. The number of carbonyl (C=O) groups excluding carboxylic acids is 2. The molecule has 4 nitrogen and oxygen atoms in total. The molecule has 0 fully saturated rings. The molecule has 2 unspecified atom stereocenters. The molecule has 132 valence electrons. The van der Waals surface area contributed by atoms with E-state index in [1.54, 1.807) is 19.1 Å². The second-order valence-corrected chi connectivity index (χ2v) is 7.05. The number of rotatable bonds is 5. The van der Waals surface area contributed by atoms with Gasteiger partial charge in [0.1, 0.15) is 5.60 Å². The largest absolute Gasteiger partial charge is 0.460 e. The highest BCUT2D eigenvalue weighted by molar-refractivity contribution is 5.94. The highest BCUT2D eigenvalue weighted by Gasteiger charge is 2.31. The van der Waals surface area contributed by atoms with Crippen molar-refractivity contribution in [2.45, 2.75) is 39.3 Å². The number of hydrogen-bond acceptors (Lipinski definition) is 3. The topological polar surface area (TPSA) is 55.4 Å². The van der Waals surface area contributed by atoms with E-state index in [0.29, 0.717) is 5.56 Å². The molecule has 0 saturated heterocycles. The molecule has 0 heterocycles. The lowest BCUT2D eigenvalue weighted by Crippen LogP contribution is -2.38. The van der Waals surface area contributed by atoms with E-state index < -0.39 is 17.6 Å². The zero-order valence-electron chi connectivity index (χ0n) is 15.2. The van der Waals surface area contributed by atoms with Gasteiger partial charge >= 0.3 is 5.97 Å². The van der Waals surface area contributed by atoms with Crippen molar-refractivity contribution >= 4 is 11.9 Å². The summed E-state index contributed by atoms with van der Waals surface area (Å²) in [4.78, 5) is 25.1. The molecule has 0 bridgehead atoms. The fraction of sp³-hybridized carbons (Fsp3) is 0.333. The summed E-state index contributed by atoms with van der Waals surface area (Å²) in [5.74, 6) is -1.08. The van der Waals surface area contributed by atoms with Crippen molar-refractivity contribution < 1.29 is 14.3 Å². The van der Waals surface area contributed by atoms with Crippen molar-refractivity contribution in [2.24, 2.45) is 5.92 Å². The van der Waals surface area contributed by atoms with E-state index >= 15 is 0 Å². The third kappa shape index (κ3) is 5.45. The van der Waals surface area contributed by atoms with Crippen molar-refractivity contribution in [3.8, 4) is 0 Å². The average Bonchev–Trinajstić information content (AvgIpc) is 2.59. The smallest absolute Gasteiger partial charge is 0.311 e. The third-order valence-electron chi connectivity index (χ3n) is 3.76. The molecule has 2 atom stereocenters. The van der Waals surface area contributed by atoms with Crippen LogP contribution in [0.1, 0.15) is 49.7 Å². The van der Waals surface area contributed by atoms with Crippen molar-refractivity contribution in [3.05, 3.63) is 71.8 Å². The molecule has 0 spiro atoms. The van der Waals surface area contributed by atoms with E-state index in [1.165, 1.54) is 0 Å². The van der Waals surface area contributed by atoms with Crippen LogP contribution in [0.15, 0.2) is 60.7 Å². The second kappa shape index (κ2) is 7.97. The Morgan fingerprint density at radius 2 is 1.44 bits per heavy atom. The maximum Gasteiger partial charge on any atom is 0.311 e. The lowest BCUT2D eigenvalue weighted by atomic mass is 9.93. The van der Waals surface area contributed by atoms with Crippen molar-refractivity contribution in [1.82, 2.24) is 5.32 Å². The van der Waals surface area contributed by atoms with E-state index in [-0.39, 0.29) is 11.9 Å². The molecule has 1 amide bonds. The number of nitrogens with one attached hydrogen (secondary N) is 1. The molecule has 0 aromatic heterocycles. The Morgan fingerprint density at radius 1 is 0.920 bits per heavy atom. The van der Waals surface area contributed by atoms with Gasteiger partial charge in [-0.3, -0.25) is 9.59 Å². The molecule has 0 aliphatic carbocycles. The second-order valence-electron chi connectivity index (χ2n) is 7.05. The predicted octanol–water partition coefficient (Wildman–Crippen LogP) is 4.14. The molecule has 0 radical (unpaired) electrons. The van der Waals surface area contributed by atoms with Gasteiger partial charge in [0.05, 0.1) is 12.0 Å². The monoisotopic (exact) mass is 339 g/mol. The standard InChI is InChI=1S/C21H25NO3/c1-15(20(24)25-21(2,3)4)18(16-11-7-5-8-12-16)22-19(23)17-13-9-6-10-14-17/h5-15,18H,1-4H3,(H,22,23). The van der Waals surface area contributed by atoms with E-state index in [4.69, 9.17) is 4.74 Å². The zero-order chi connectivity index (χ0) is 18.4.